The molecule has 0 radical (unpaired) electrons. The van der Waals surface area contributed by atoms with Gasteiger partial charge in [0.15, 0.2) is 5.78 Å². The molecule has 160 valence electrons. The molecule has 0 atom stereocenters. The number of aryl methyl sites for hydroxylation is 1. The minimum atomic E-state index is -0.483. The van der Waals surface area contributed by atoms with Gasteiger partial charge in [-0.3, -0.25) is 4.79 Å². The molecule has 2 rings (SSSR count). The summed E-state index contributed by atoms with van der Waals surface area (Å²) in [6.07, 6.45) is 4.27. The number of nitrogens with zero attached hydrogens (tertiary/aromatic N) is 2. The molecule has 5 heteroatoms. The average Bonchev–Trinajstić information content (AvgIpc) is 2.65. The lowest BCUT2D eigenvalue weighted by Crippen LogP contribution is -2.48. The molecule has 29 heavy (non-hydrogen) atoms. The van der Waals surface area contributed by atoms with E-state index < -0.39 is 5.60 Å². The summed E-state index contributed by atoms with van der Waals surface area (Å²) in [7, 11) is 0. The van der Waals surface area contributed by atoms with Crippen molar-refractivity contribution < 1.29 is 14.3 Å². The van der Waals surface area contributed by atoms with Gasteiger partial charge >= 0.3 is 6.09 Å². The lowest BCUT2D eigenvalue weighted by atomic mass is 9.95. The number of ketones is 1. The van der Waals surface area contributed by atoms with Crippen molar-refractivity contribution in [1.82, 2.24) is 4.90 Å². The van der Waals surface area contributed by atoms with E-state index in [0.29, 0.717) is 19.6 Å². The van der Waals surface area contributed by atoms with E-state index in [1.165, 1.54) is 0 Å². The zero-order chi connectivity index (χ0) is 21.8. The van der Waals surface area contributed by atoms with E-state index in [0.717, 1.165) is 41.6 Å². The molecule has 0 unspecified atom stereocenters. The van der Waals surface area contributed by atoms with Gasteiger partial charge in [0.05, 0.1) is 0 Å². The van der Waals surface area contributed by atoms with E-state index in [4.69, 9.17) is 4.74 Å². The first-order chi connectivity index (χ1) is 13.6. The van der Waals surface area contributed by atoms with Crippen LogP contribution in [-0.2, 0) is 11.2 Å². The normalized spacial score (nSPS) is 15.2. The summed E-state index contributed by atoms with van der Waals surface area (Å²) in [4.78, 5) is 28.7. The molecule has 0 N–H and O–H groups in total. The van der Waals surface area contributed by atoms with Crippen LogP contribution in [0.25, 0.3) is 0 Å². The van der Waals surface area contributed by atoms with Gasteiger partial charge < -0.3 is 14.5 Å². The second-order valence-corrected chi connectivity index (χ2v) is 8.84. The Bertz CT molecular complexity index is 756. The molecular formula is C24H36N2O3. The number of ether oxygens (including phenoxy) is 1. The highest BCUT2D eigenvalue weighted by Crippen LogP contribution is 2.31. The van der Waals surface area contributed by atoms with E-state index in [-0.39, 0.29) is 17.9 Å². The molecule has 1 amide bonds. The molecule has 1 saturated heterocycles. The van der Waals surface area contributed by atoms with Crippen LogP contribution in [-0.4, -0.2) is 48.1 Å². The molecule has 5 nitrogen and oxygen atoms in total. The van der Waals surface area contributed by atoms with Crippen LogP contribution in [0.3, 0.4) is 0 Å². The lowest BCUT2D eigenvalue weighted by molar-refractivity contribution is 0.0205. The van der Waals surface area contributed by atoms with Gasteiger partial charge in [-0.1, -0.05) is 13.0 Å². The fraction of sp³-hybridized carbons (Fsp3) is 0.583. The summed E-state index contributed by atoms with van der Waals surface area (Å²) in [6.45, 7) is 17.4. The van der Waals surface area contributed by atoms with E-state index in [1.807, 2.05) is 39.8 Å². The first kappa shape index (κ1) is 23.0. The number of Topliss-reactive ketones (excluding diaryl/α,β-unsaturated/α-hetero) is 1. The predicted molar refractivity (Wildman–Crippen MR) is 119 cm³/mol. The largest absolute Gasteiger partial charge is 0.444 e. The fourth-order valence-electron chi connectivity index (χ4n) is 3.90. The molecule has 0 spiro atoms. The lowest BCUT2D eigenvalue weighted by Gasteiger charge is -2.40. The van der Waals surface area contributed by atoms with Crippen LogP contribution in [0.2, 0.25) is 0 Å². The number of benzene rings is 1. The number of rotatable bonds is 6. The number of carbonyl (C=O) groups is 2. The number of hydrogen-bond acceptors (Lipinski definition) is 4. The standard InChI is InChI=1S/C24H36N2O3/c1-8-12-26(22-16-19(9-2)15-21(17(22)3)18(4)27)20-10-13-25(14-11-20)23(28)29-24(5,6)7/h8,15-16,20H,1,9-14H2,2-7H3. The van der Waals surface area contributed by atoms with Crippen molar-refractivity contribution in [2.75, 3.05) is 24.5 Å². The molecule has 1 fully saturated rings. The van der Waals surface area contributed by atoms with Crippen LogP contribution in [0, 0.1) is 6.92 Å². The van der Waals surface area contributed by atoms with Crippen molar-refractivity contribution in [1.29, 1.82) is 0 Å². The molecule has 0 aliphatic carbocycles. The van der Waals surface area contributed by atoms with Crippen LogP contribution in [0.1, 0.15) is 68.9 Å². The molecule has 1 aliphatic heterocycles. The predicted octanol–water partition coefficient (Wildman–Crippen LogP) is 5.15. The van der Waals surface area contributed by atoms with Crippen LogP contribution >= 0.6 is 0 Å². The highest BCUT2D eigenvalue weighted by Gasteiger charge is 2.30. The van der Waals surface area contributed by atoms with Crippen molar-refractivity contribution >= 4 is 17.6 Å². The zero-order valence-electron chi connectivity index (χ0n) is 18.9. The minimum absolute atomic E-state index is 0.0948. The highest BCUT2D eigenvalue weighted by atomic mass is 16.6. The summed E-state index contributed by atoms with van der Waals surface area (Å²) >= 11 is 0. The van der Waals surface area contributed by atoms with Crippen LogP contribution < -0.4 is 4.90 Å². The van der Waals surface area contributed by atoms with Crippen LogP contribution in [0.4, 0.5) is 10.5 Å². The number of carbonyl (C=O) groups excluding carboxylic acids is 2. The fourth-order valence-corrected chi connectivity index (χ4v) is 3.90. The third-order valence-electron chi connectivity index (χ3n) is 5.42. The number of amides is 1. The van der Waals surface area contributed by atoms with E-state index in [2.05, 4.69) is 24.5 Å². The maximum atomic E-state index is 12.4. The second-order valence-electron chi connectivity index (χ2n) is 8.84. The van der Waals surface area contributed by atoms with Crippen molar-refractivity contribution in [2.24, 2.45) is 0 Å². The topological polar surface area (TPSA) is 49.9 Å². The van der Waals surface area contributed by atoms with E-state index in [9.17, 15) is 9.59 Å². The van der Waals surface area contributed by atoms with Crippen molar-refractivity contribution in [3.05, 3.63) is 41.5 Å². The highest BCUT2D eigenvalue weighted by molar-refractivity contribution is 5.97. The van der Waals surface area contributed by atoms with Gasteiger partial charge in [-0.05, 0) is 77.1 Å². The first-order valence-corrected chi connectivity index (χ1v) is 10.6. The van der Waals surface area contributed by atoms with Crippen molar-refractivity contribution in [3.63, 3.8) is 0 Å². The molecule has 1 heterocycles. The van der Waals surface area contributed by atoms with E-state index in [1.54, 1.807) is 11.8 Å². The van der Waals surface area contributed by atoms with Crippen LogP contribution in [0.5, 0.6) is 0 Å². The van der Waals surface area contributed by atoms with Crippen LogP contribution in [0.15, 0.2) is 24.8 Å². The number of hydrogen-bond donors (Lipinski definition) is 0. The molecule has 0 aromatic heterocycles. The molecule has 1 aromatic carbocycles. The Morgan fingerprint density at radius 2 is 1.90 bits per heavy atom. The molecule has 0 bridgehead atoms. The Balaban J connectivity index is 2.24. The Hall–Kier alpha value is -2.30. The monoisotopic (exact) mass is 400 g/mol. The summed E-state index contributed by atoms with van der Waals surface area (Å²) in [5.41, 5.74) is 3.59. The van der Waals surface area contributed by atoms with E-state index >= 15 is 0 Å². The number of piperidine rings is 1. The summed E-state index contributed by atoms with van der Waals surface area (Å²) in [5, 5.41) is 0. The Morgan fingerprint density at radius 3 is 2.38 bits per heavy atom. The van der Waals surface area contributed by atoms with Gasteiger partial charge in [-0.2, -0.15) is 0 Å². The Morgan fingerprint density at radius 1 is 1.28 bits per heavy atom. The van der Waals surface area contributed by atoms with Gasteiger partial charge in [0.2, 0.25) is 0 Å². The van der Waals surface area contributed by atoms with Gasteiger partial charge in [0.25, 0.3) is 0 Å². The smallest absolute Gasteiger partial charge is 0.410 e. The summed E-state index contributed by atoms with van der Waals surface area (Å²) in [5.74, 6) is 0.0948. The molecule has 1 aliphatic rings. The molecule has 1 aromatic rings. The molecule has 0 saturated carbocycles. The number of likely N-dealkylation sites (tertiary alicyclic amines) is 1. The Kier molecular flexibility index (Phi) is 7.50. The first-order valence-electron chi connectivity index (χ1n) is 10.6. The average molecular weight is 401 g/mol. The summed E-state index contributed by atoms with van der Waals surface area (Å²) in [6, 6.07) is 4.50. The van der Waals surface area contributed by atoms with Crippen molar-refractivity contribution in [3.8, 4) is 0 Å². The maximum Gasteiger partial charge on any atom is 0.410 e. The minimum Gasteiger partial charge on any atom is -0.444 e. The van der Waals surface area contributed by atoms with Crippen molar-refractivity contribution in [2.45, 2.75) is 72.4 Å². The molecular weight excluding hydrogens is 364 g/mol. The number of anilines is 1. The zero-order valence-corrected chi connectivity index (χ0v) is 18.9. The van der Waals surface area contributed by atoms with Gasteiger partial charge in [0, 0.05) is 36.9 Å². The maximum absolute atomic E-state index is 12.4. The second kappa shape index (κ2) is 9.47. The third-order valence-corrected chi connectivity index (χ3v) is 5.42. The van der Waals surface area contributed by atoms with Gasteiger partial charge in [0.1, 0.15) is 5.60 Å². The van der Waals surface area contributed by atoms with Gasteiger partial charge in [-0.15, -0.1) is 6.58 Å². The third kappa shape index (κ3) is 5.84. The quantitative estimate of drug-likeness (QED) is 0.489. The SMILES string of the molecule is C=CCN(c1cc(CC)cc(C(C)=O)c1C)C1CCN(C(=O)OC(C)(C)C)CC1. The summed E-state index contributed by atoms with van der Waals surface area (Å²) < 4.78 is 5.52. The van der Waals surface area contributed by atoms with Gasteiger partial charge in [-0.25, -0.2) is 4.79 Å². The Labute approximate surface area is 175 Å².